The van der Waals surface area contributed by atoms with Crippen molar-refractivity contribution in [1.82, 2.24) is 5.32 Å². The van der Waals surface area contributed by atoms with Gasteiger partial charge >= 0.3 is 6.03 Å². The Morgan fingerprint density at radius 2 is 2.14 bits per heavy atom. The van der Waals surface area contributed by atoms with E-state index in [2.05, 4.69) is 10.3 Å². The van der Waals surface area contributed by atoms with E-state index in [9.17, 15) is 4.79 Å². The zero-order valence-electron chi connectivity index (χ0n) is 7.75. The molecule has 76 valence electrons. The van der Waals surface area contributed by atoms with Gasteiger partial charge in [0, 0.05) is 0 Å². The molecular weight excluding hydrogens is 222 g/mol. The van der Waals surface area contributed by atoms with Crippen LogP contribution in [0.3, 0.4) is 0 Å². The molecule has 1 unspecified atom stereocenters. The summed E-state index contributed by atoms with van der Waals surface area (Å²) in [6.07, 6.45) is 0. The minimum absolute atomic E-state index is 0. The highest BCUT2D eigenvalue weighted by Gasteiger charge is 2.35. The highest BCUT2D eigenvalue weighted by Crippen LogP contribution is 2.39. The topological polar surface area (TPSA) is 65.3 Å². The molecule has 2 rings (SSSR count). The van der Waals surface area contributed by atoms with Crippen molar-refractivity contribution in [3.05, 3.63) is 10.5 Å². The Kier molecular flexibility index (Phi) is 3.01. The normalized spacial score (nSPS) is 25.3. The van der Waals surface area contributed by atoms with E-state index in [0.29, 0.717) is 0 Å². The average Bonchev–Trinajstić information content (AvgIpc) is 2.27. The van der Waals surface area contributed by atoms with Gasteiger partial charge in [0.1, 0.15) is 5.84 Å². The maximum Gasteiger partial charge on any atom is 0.347 e. The third kappa shape index (κ3) is 1.57. The summed E-state index contributed by atoms with van der Waals surface area (Å²) < 4.78 is 0. The number of nitrogens with zero attached hydrogens (tertiary/aromatic N) is 1. The Labute approximate surface area is 92.2 Å². The molecule has 0 fully saturated rings. The predicted molar refractivity (Wildman–Crippen MR) is 60.4 cm³/mol. The Morgan fingerprint density at radius 1 is 1.50 bits per heavy atom. The molecule has 2 heterocycles. The van der Waals surface area contributed by atoms with Crippen molar-refractivity contribution in [2.24, 2.45) is 10.9 Å². The number of nitrogens with one attached hydrogen (secondary N) is 2. The first-order chi connectivity index (χ1) is 6.09. The largest absolute Gasteiger partial charge is 0.347 e. The van der Waals surface area contributed by atoms with E-state index in [1.807, 2.05) is 13.8 Å². The highest BCUT2D eigenvalue weighted by molar-refractivity contribution is 8.17. The molecule has 1 atom stereocenters. The van der Waals surface area contributed by atoms with Gasteiger partial charge in [-0.25, -0.2) is 4.79 Å². The van der Waals surface area contributed by atoms with Crippen molar-refractivity contribution < 1.29 is 4.79 Å². The molecule has 14 heavy (non-hydrogen) atoms. The third-order valence-corrected chi connectivity index (χ3v) is 3.40. The minimum Gasteiger partial charge on any atom is -0.294 e. The third-order valence-electron chi connectivity index (χ3n) is 2.23. The Hall–Kier alpha value is -0.810. The van der Waals surface area contributed by atoms with Crippen molar-refractivity contribution in [2.75, 3.05) is 0 Å². The van der Waals surface area contributed by atoms with Gasteiger partial charge in [-0.15, -0.1) is 12.4 Å². The summed E-state index contributed by atoms with van der Waals surface area (Å²) in [7, 11) is 0. The molecule has 0 radical (unpaired) electrons. The molecule has 2 aliphatic heterocycles. The van der Waals surface area contributed by atoms with Gasteiger partial charge in [0.2, 0.25) is 0 Å². The summed E-state index contributed by atoms with van der Waals surface area (Å²) in [5.41, 5.74) is 1.12. The maximum atomic E-state index is 11.0. The van der Waals surface area contributed by atoms with Crippen molar-refractivity contribution in [2.45, 2.75) is 13.8 Å². The quantitative estimate of drug-likeness (QED) is 0.671. The summed E-state index contributed by atoms with van der Waals surface area (Å²) in [5.74, 6) is 0.152. The fourth-order valence-corrected chi connectivity index (χ4v) is 2.56. The molecule has 2 aliphatic rings. The number of carbonyl (C=O) groups is 1. The summed E-state index contributed by atoms with van der Waals surface area (Å²) in [5, 5.41) is 10.8. The van der Waals surface area contributed by atoms with E-state index < -0.39 is 6.03 Å². The van der Waals surface area contributed by atoms with Crippen LogP contribution in [0.5, 0.6) is 0 Å². The fourth-order valence-electron chi connectivity index (χ4n) is 1.43. The van der Waals surface area contributed by atoms with Crippen LogP contribution in [0.25, 0.3) is 0 Å². The smallest absolute Gasteiger partial charge is 0.294 e. The molecule has 0 aromatic carbocycles. The zero-order chi connectivity index (χ0) is 9.59. The van der Waals surface area contributed by atoms with Gasteiger partial charge in [-0.05, 0) is 24.3 Å². The number of amides is 2. The predicted octanol–water partition coefficient (Wildman–Crippen LogP) is 2.16. The number of hydrogen-bond donors (Lipinski definition) is 2. The van der Waals surface area contributed by atoms with Crippen LogP contribution in [0.15, 0.2) is 15.5 Å². The second-order valence-corrected chi connectivity index (χ2v) is 4.30. The standard InChI is InChI=1S/C8H9N3OS.ClH/c1-3-4(2)13-7-5(3)6(9)10-8(12)11-7;/h5H,1-2H3,(H2,9,10,12);1H. The van der Waals surface area contributed by atoms with Crippen LogP contribution in [0.1, 0.15) is 13.8 Å². The molecule has 6 heteroatoms. The van der Waals surface area contributed by atoms with Gasteiger partial charge < -0.3 is 0 Å². The fraction of sp³-hybridized carbons (Fsp3) is 0.375. The second-order valence-electron chi connectivity index (χ2n) is 3.07. The number of rotatable bonds is 0. The van der Waals surface area contributed by atoms with Crippen LogP contribution in [0.2, 0.25) is 0 Å². The van der Waals surface area contributed by atoms with E-state index >= 15 is 0 Å². The molecule has 0 aromatic heterocycles. The van der Waals surface area contributed by atoms with E-state index in [4.69, 9.17) is 5.41 Å². The molecule has 2 N–H and O–H groups in total. The van der Waals surface area contributed by atoms with Crippen LogP contribution in [0.4, 0.5) is 4.79 Å². The number of fused-ring (bicyclic) bond motifs is 1. The molecule has 0 bridgehead atoms. The number of aliphatic imine (C=N–C) groups is 1. The Balaban J connectivity index is 0.000000980. The lowest BCUT2D eigenvalue weighted by molar-refractivity contribution is 0.252. The summed E-state index contributed by atoms with van der Waals surface area (Å²) >= 11 is 1.49. The highest BCUT2D eigenvalue weighted by atomic mass is 35.5. The van der Waals surface area contributed by atoms with E-state index in [0.717, 1.165) is 15.5 Å². The molecule has 0 spiro atoms. The van der Waals surface area contributed by atoms with Gasteiger partial charge in [0.25, 0.3) is 0 Å². The van der Waals surface area contributed by atoms with Crippen LogP contribution in [-0.2, 0) is 0 Å². The first-order valence-corrected chi connectivity index (χ1v) is 4.74. The van der Waals surface area contributed by atoms with Crippen LogP contribution < -0.4 is 5.32 Å². The van der Waals surface area contributed by atoms with Crippen LogP contribution in [-0.4, -0.2) is 16.9 Å². The van der Waals surface area contributed by atoms with E-state index in [-0.39, 0.29) is 24.2 Å². The molecular formula is C8H10ClN3OS. The number of urea groups is 1. The molecule has 0 saturated heterocycles. The SMILES string of the molecule is CC1=C(C)C2C(=N)NC(=O)N=C2S1.Cl. The summed E-state index contributed by atoms with van der Waals surface area (Å²) in [6.45, 7) is 3.96. The first kappa shape index (κ1) is 11.3. The Morgan fingerprint density at radius 3 is 2.79 bits per heavy atom. The van der Waals surface area contributed by atoms with Crippen LogP contribution >= 0.6 is 24.2 Å². The van der Waals surface area contributed by atoms with Crippen molar-refractivity contribution in [1.29, 1.82) is 5.41 Å². The molecule has 2 amide bonds. The number of thioether (sulfide) groups is 1. The van der Waals surface area contributed by atoms with Gasteiger partial charge in [0.05, 0.1) is 11.0 Å². The van der Waals surface area contributed by atoms with Gasteiger partial charge in [-0.3, -0.25) is 10.7 Å². The summed E-state index contributed by atoms with van der Waals surface area (Å²) in [6, 6.07) is -0.425. The van der Waals surface area contributed by atoms with E-state index in [1.165, 1.54) is 11.8 Å². The summed E-state index contributed by atoms with van der Waals surface area (Å²) in [4.78, 5) is 15.9. The van der Waals surface area contributed by atoms with Gasteiger partial charge in [-0.1, -0.05) is 11.8 Å². The first-order valence-electron chi connectivity index (χ1n) is 3.93. The van der Waals surface area contributed by atoms with Crippen molar-refractivity contribution in [3.63, 3.8) is 0 Å². The van der Waals surface area contributed by atoms with Crippen molar-refractivity contribution >= 4 is 41.1 Å². The zero-order valence-corrected chi connectivity index (χ0v) is 9.38. The lowest BCUT2D eigenvalue weighted by atomic mass is 9.99. The number of allylic oxidation sites excluding steroid dienone is 1. The molecule has 0 aromatic rings. The number of hydrogen-bond acceptors (Lipinski definition) is 3. The van der Waals surface area contributed by atoms with E-state index in [1.54, 1.807) is 0 Å². The second kappa shape index (κ2) is 3.74. The minimum atomic E-state index is -0.425. The average molecular weight is 232 g/mol. The lowest BCUT2D eigenvalue weighted by Gasteiger charge is -2.18. The van der Waals surface area contributed by atoms with Gasteiger partial charge in [-0.2, -0.15) is 4.99 Å². The monoisotopic (exact) mass is 231 g/mol. The molecule has 4 nitrogen and oxygen atoms in total. The van der Waals surface area contributed by atoms with Gasteiger partial charge in [0.15, 0.2) is 0 Å². The Bertz CT molecular complexity index is 375. The van der Waals surface area contributed by atoms with Crippen molar-refractivity contribution in [3.8, 4) is 0 Å². The number of carbonyl (C=O) groups excluding carboxylic acids is 1. The molecule has 0 aliphatic carbocycles. The number of halogens is 1. The lowest BCUT2D eigenvalue weighted by Crippen LogP contribution is -2.40. The number of amidine groups is 1. The maximum absolute atomic E-state index is 11.0. The molecule has 0 saturated carbocycles. The van der Waals surface area contributed by atoms with Crippen LogP contribution in [0, 0.1) is 11.3 Å².